The highest BCUT2D eigenvalue weighted by atomic mass is 31.2. The normalized spacial score (nSPS) is 19.3. The van der Waals surface area contributed by atoms with Crippen molar-refractivity contribution in [3.63, 3.8) is 0 Å². The fraction of sp³-hybridized carbons (Fsp3) is 0.165. The summed E-state index contributed by atoms with van der Waals surface area (Å²) in [5, 5.41) is 25.6. The minimum atomic E-state index is -3.37. The molecule has 20 rings (SSSR count). The van der Waals surface area contributed by atoms with Crippen molar-refractivity contribution in [2.45, 2.75) is 69.8 Å². The van der Waals surface area contributed by atoms with Crippen molar-refractivity contribution >= 4 is 95.5 Å². The molecule has 0 saturated carbocycles. The first-order valence-corrected chi connectivity index (χ1v) is 44.9. The largest absolute Gasteiger partial charge is 0.454 e. The number of ether oxygens (including phenoxy) is 12. The fourth-order valence-corrected chi connectivity index (χ4v) is 25.1. The molecule has 0 spiro atoms. The smallest absolute Gasteiger partial charge is 0.336 e. The average molecular weight is 1690 g/mol. The Hall–Kier alpha value is -12.4. The summed E-state index contributed by atoms with van der Waals surface area (Å²) < 4.78 is 123. The van der Waals surface area contributed by atoms with Crippen LogP contribution in [0.15, 0.2) is 291 Å². The van der Waals surface area contributed by atoms with Crippen molar-refractivity contribution in [2.75, 3.05) is 27.2 Å². The molecule has 4 atom stereocenters. The molecule has 0 aliphatic carbocycles. The van der Waals surface area contributed by atoms with Crippen LogP contribution in [0.5, 0.6) is 69.0 Å². The number of carbonyl (C=O) groups excluding carboxylic acids is 4. The van der Waals surface area contributed by atoms with E-state index in [1.54, 1.807) is 187 Å². The predicted molar refractivity (Wildman–Crippen MR) is 451 cm³/mol. The highest BCUT2D eigenvalue weighted by Gasteiger charge is 2.55. The van der Waals surface area contributed by atoms with Gasteiger partial charge in [-0.15, -0.1) is 0 Å². The third-order valence-corrected chi connectivity index (χ3v) is 32.2. The van der Waals surface area contributed by atoms with Gasteiger partial charge < -0.3 is 61.9 Å². The molecule has 120 heavy (non-hydrogen) atoms. The van der Waals surface area contributed by atoms with E-state index in [0.717, 1.165) is 0 Å². The van der Waals surface area contributed by atoms with E-state index in [1.807, 2.05) is 146 Å². The molecule has 610 valence electrons. The molecule has 12 aromatic rings. The Labute approximate surface area is 690 Å². The maximum absolute atomic E-state index is 14.4. The van der Waals surface area contributed by atoms with Gasteiger partial charge in [-0.2, -0.15) is 0 Å². The van der Waals surface area contributed by atoms with Gasteiger partial charge in [0.2, 0.25) is 56.3 Å². The number of rotatable bonds is 16. The Kier molecular flexibility index (Phi) is 22.2. The van der Waals surface area contributed by atoms with E-state index < -0.39 is 75.2 Å². The molecule has 8 heterocycles. The van der Waals surface area contributed by atoms with E-state index in [2.05, 4.69) is 20.3 Å². The first-order valence-electron chi connectivity index (χ1n) is 38.1. The first-order chi connectivity index (χ1) is 57.8. The molecule has 0 aromatic heterocycles. The van der Waals surface area contributed by atoms with Gasteiger partial charge in [0.1, 0.15) is 45.2 Å². The lowest BCUT2D eigenvalue weighted by atomic mass is 9.94. The second kappa shape index (κ2) is 32.7. The van der Waals surface area contributed by atoms with E-state index in [9.17, 15) is 37.4 Å². The molecular weight excluding hydrogens is 1610 g/mol. The monoisotopic (exact) mass is 1690 g/mol. The van der Waals surface area contributed by atoms with Crippen molar-refractivity contribution in [1.82, 2.24) is 20.3 Å². The second-order valence-corrected chi connectivity index (χ2v) is 39.4. The van der Waals surface area contributed by atoms with Crippen LogP contribution in [0, 0.1) is 0 Å². The molecule has 12 aromatic carbocycles. The van der Waals surface area contributed by atoms with Crippen molar-refractivity contribution in [2.24, 2.45) is 0 Å². The van der Waals surface area contributed by atoms with Crippen LogP contribution in [0.2, 0.25) is 0 Å². The molecule has 29 heteroatoms. The molecule has 5 N–H and O–H groups in total. The molecule has 25 nitrogen and oxygen atoms in total. The SMILES string of the molecule is CC(C)O.C[C@@]1(NP(=O)(c2ccccc2)c2ccccc2)C(=O)Oc2cc3c(cc21)OCO3.C[C@@]1(NP(=O)(c2ccccc2)c2ccccc2)C(=O)Oc2cc3c(cc21)OCO3.C[C@]1(NP(=O)(c2ccccc2)c2ccccc2)C(=O)Oc2cc3c(cc21)OCO3.C[C@]1(NP(=O)(c2ccccc2)c2ccccc2)C(=O)Oc2cc3c(cc21)OCO3. The van der Waals surface area contributed by atoms with Crippen molar-refractivity contribution in [3.8, 4) is 69.0 Å². The summed E-state index contributed by atoms with van der Waals surface area (Å²) in [4.78, 5) is 51.7. The zero-order chi connectivity index (χ0) is 83.8. The molecule has 8 aliphatic rings. The lowest BCUT2D eigenvalue weighted by Gasteiger charge is -2.30. The molecular formula is C91H80N4O21P4. The van der Waals surface area contributed by atoms with Crippen LogP contribution in [0.3, 0.4) is 0 Å². The number of hydrogen-bond donors (Lipinski definition) is 5. The van der Waals surface area contributed by atoms with Gasteiger partial charge in [-0.25, -0.2) is 39.5 Å². The zero-order valence-corrected chi connectivity index (χ0v) is 69.1. The number of carbonyl (C=O) groups is 4. The summed E-state index contributed by atoms with van der Waals surface area (Å²) in [6, 6.07) is 86.3. The summed E-state index contributed by atoms with van der Waals surface area (Å²) in [5.41, 5.74) is -3.01. The third kappa shape index (κ3) is 15.2. The predicted octanol–water partition coefficient (Wildman–Crippen LogP) is 12.7. The number of nitrogens with one attached hydrogen (secondary N) is 4. The molecule has 0 unspecified atom stereocenters. The maximum atomic E-state index is 14.4. The lowest BCUT2D eigenvalue weighted by Crippen LogP contribution is -2.46. The average Bonchev–Trinajstić information content (AvgIpc) is 1.57. The van der Waals surface area contributed by atoms with Crippen LogP contribution >= 0.6 is 29.2 Å². The molecule has 0 fully saturated rings. The van der Waals surface area contributed by atoms with Crippen LogP contribution in [0.1, 0.15) is 63.8 Å². The van der Waals surface area contributed by atoms with E-state index in [-0.39, 0.29) is 33.3 Å². The Bertz CT molecular complexity index is 5220. The molecule has 8 aliphatic heterocycles. The number of hydrogen-bond acceptors (Lipinski definition) is 21. The van der Waals surface area contributed by atoms with Crippen LogP contribution < -0.4 is 120 Å². The van der Waals surface area contributed by atoms with Crippen molar-refractivity contribution in [3.05, 3.63) is 313 Å². The van der Waals surface area contributed by atoms with Gasteiger partial charge in [-0.05, 0) is 163 Å². The van der Waals surface area contributed by atoms with E-state index in [4.69, 9.17) is 61.9 Å². The number of benzene rings is 12. The van der Waals surface area contributed by atoms with Gasteiger partial charge in [-0.1, -0.05) is 146 Å². The first kappa shape index (κ1) is 81.4. The topological polar surface area (TPSA) is 316 Å². The summed E-state index contributed by atoms with van der Waals surface area (Å²) in [6.45, 7) is 10.6. The number of fused-ring (bicyclic) bond motifs is 8. The zero-order valence-electron chi connectivity index (χ0n) is 65.5. The number of aliphatic hydroxyl groups is 1. The van der Waals surface area contributed by atoms with Gasteiger partial charge in [0.05, 0.1) is 0 Å². The van der Waals surface area contributed by atoms with Crippen LogP contribution in [-0.4, -0.2) is 62.3 Å². The van der Waals surface area contributed by atoms with Gasteiger partial charge >= 0.3 is 23.9 Å². The minimum Gasteiger partial charge on any atom is -0.454 e. The van der Waals surface area contributed by atoms with Gasteiger partial charge in [0.25, 0.3) is 0 Å². The van der Waals surface area contributed by atoms with Gasteiger partial charge in [0, 0.05) is 95.1 Å². The van der Waals surface area contributed by atoms with E-state index >= 15 is 0 Å². The Morgan fingerprint density at radius 1 is 0.250 bits per heavy atom. The van der Waals surface area contributed by atoms with Gasteiger partial charge in [0.15, 0.2) is 46.0 Å². The third-order valence-electron chi connectivity index (χ3n) is 21.0. The molecule has 0 saturated heterocycles. The Morgan fingerprint density at radius 2 is 0.383 bits per heavy atom. The quantitative estimate of drug-likeness (QED) is 0.0341. The minimum absolute atomic E-state index is 0.114. The second-order valence-electron chi connectivity index (χ2n) is 29.5. The van der Waals surface area contributed by atoms with Crippen molar-refractivity contribution in [1.29, 1.82) is 0 Å². The summed E-state index contributed by atoms with van der Waals surface area (Å²) in [7, 11) is -13.5. The van der Waals surface area contributed by atoms with Crippen molar-refractivity contribution < 1.29 is 99.4 Å². The highest BCUT2D eigenvalue weighted by Crippen LogP contribution is 2.57. The molecule has 0 amide bonds. The molecule has 0 bridgehead atoms. The lowest BCUT2D eigenvalue weighted by molar-refractivity contribution is -0.139. The van der Waals surface area contributed by atoms with E-state index in [1.165, 1.54) is 0 Å². The number of aliphatic hydroxyl groups excluding tert-OH is 1. The molecule has 0 radical (unpaired) electrons. The summed E-state index contributed by atoms with van der Waals surface area (Å²) >= 11 is 0. The maximum Gasteiger partial charge on any atom is 0.336 e. The number of esters is 4. The standard InChI is InChI=1S/4C22H18NO5P.C3H8O/c4*1-22(17-12-19-20(27-14-26-19)13-18(17)28-21(22)24)23-29(25,15-8-4-2-5-9-15)16-10-6-3-7-11-16;1-3(2)4/h4*2-13H,14H2,1H3,(H,23,25);3-4H,1-2H3/t4*22-;/m1100./s1. The Balaban J connectivity index is 0.000000117. The van der Waals surface area contributed by atoms with Crippen LogP contribution in [-0.2, 0) is 59.6 Å². The Morgan fingerprint density at radius 3 is 0.525 bits per heavy atom. The summed E-state index contributed by atoms with van der Waals surface area (Å²) in [5.74, 6) is 3.63. The van der Waals surface area contributed by atoms with Gasteiger partial charge in [-0.3, -0.25) is 18.3 Å². The van der Waals surface area contributed by atoms with E-state index in [0.29, 0.717) is 134 Å². The van der Waals surface area contributed by atoms with Crippen LogP contribution in [0.25, 0.3) is 0 Å². The summed E-state index contributed by atoms with van der Waals surface area (Å²) in [6.07, 6.45) is -0.167. The van der Waals surface area contributed by atoms with Crippen LogP contribution in [0.4, 0.5) is 0 Å². The fourth-order valence-electron chi connectivity index (χ4n) is 14.7. The highest BCUT2D eigenvalue weighted by molar-refractivity contribution is 7.78.